The topological polar surface area (TPSA) is 18.5 Å². The molecule has 0 aromatic heterocycles. The zero-order chi connectivity index (χ0) is 8.53. The summed E-state index contributed by atoms with van der Waals surface area (Å²) in [6, 6.07) is 0. The van der Waals surface area contributed by atoms with Gasteiger partial charge < -0.3 is 7.58 Å². The van der Waals surface area contributed by atoms with Crippen LogP contribution in [0.3, 0.4) is 0 Å². The molecule has 0 rings (SSSR count). The number of rotatable bonds is 7. The van der Waals surface area contributed by atoms with E-state index in [1.54, 1.807) is 0 Å². The van der Waals surface area contributed by atoms with Crippen molar-refractivity contribution in [2.45, 2.75) is 38.9 Å². The minimum absolute atomic E-state index is 0.869. The molecule has 2 nitrogen and oxygen atoms in total. The van der Waals surface area contributed by atoms with E-state index in [9.17, 15) is 0 Å². The van der Waals surface area contributed by atoms with Crippen LogP contribution in [-0.2, 0) is 7.58 Å². The van der Waals surface area contributed by atoms with Crippen molar-refractivity contribution >= 4 is 14.8 Å². The van der Waals surface area contributed by atoms with Gasteiger partial charge in [-0.15, -0.1) is 0 Å². The van der Waals surface area contributed by atoms with Crippen LogP contribution in [0.5, 0.6) is 0 Å². The summed E-state index contributed by atoms with van der Waals surface area (Å²) in [6.07, 6.45) is 2.19. The zero-order valence-corrected chi connectivity index (χ0v) is 9.08. The zero-order valence-electron chi connectivity index (χ0n) is 7.93. The minimum atomic E-state index is -1.25. The van der Waals surface area contributed by atoms with Crippen LogP contribution in [0, 0.1) is 0 Å². The van der Waals surface area contributed by atoms with Crippen molar-refractivity contribution in [3.8, 4) is 0 Å². The molecular weight excluding hydrogens is 155 g/mol. The largest absolute Gasteiger partial charge is 0.674 e. The second-order valence-corrected chi connectivity index (χ2v) is 4.92. The molecule has 11 heavy (non-hydrogen) atoms. The highest BCUT2D eigenvalue weighted by Crippen LogP contribution is 1.97. The smallest absolute Gasteiger partial charge is 0.478 e. The number of hydrogen-bond donors (Lipinski definition) is 0. The predicted octanol–water partition coefficient (Wildman–Crippen LogP) is 2.35. The summed E-state index contributed by atoms with van der Waals surface area (Å²) in [5.74, 6) is 0. The first kappa shape index (κ1) is 11.5. The third kappa shape index (κ3) is 6.84. The second-order valence-electron chi connectivity index (χ2n) is 2.58. The van der Waals surface area contributed by atoms with Crippen LogP contribution in [0.15, 0.2) is 0 Å². The Hall–Kier alpha value is 0.452. The van der Waals surface area contributed by atoms with E-state index in [1.807, 2.05) is 0 Å². The summed E-state index contributed by atoms with van der Waals surface area (Å²) < 4.78 is 11.1. The van der Waals surface area contributed by atoms with Gasteiger partial charge in [0.05, 0.1) is 0 Å². The molecule has 0 aromatic rings. The Labute approximate surface area is 74.9 Å². The molecule has 3 heteroatoms. The lowest BCUT2D eigenvalue weighted by Gasteiger charge is -2.10. The predicted molar refractivity (Wildman–Crippen MR) is 48.7 cm³/mol. The van der Waals surface area contributed by atoms with E-state index in [0.717, 1.165) is 31.3 Å². The van der Waals surface area contributed by atoms with E-state index in [2.05, 4.69) is 20.8 Å². The lowest BCUT2D eigenvalue weighted by Crippen LogP contribution is -2.22. The van der Waals surface area contributed by atoms with Crippen molar-refractivity contribution in [1.29, 1.82) is 0 Å². The molecule has 0 unspecified atom stereocenters. The molecular formula is C8H19AlO2. The second kappa shape index (κ2) is 8.55. The molecule has 0 aliphatic heterocycles. The fourth-order valence-corrected chi connectivity index (χ4v) is 2.35. The maximum absolute atomic E-state index is 5.56. The van der Waals surface area contributed by atoms with Gasteiger partial charge >= 0.3 is 14.8 Å². The molecule has 0 amide bonds. The average Bonchev–Trinajstić information content (AvgIpc) is 2.05. The lowest BCUT2D eigenvalue weighted by atomic mass is 10.5. The van der Waals surface area contributed by atoms with Crippen molar-refractivity contribution < 1.29 is 7.58 Å². The molecule has 66 valence electrons. The van der Waals surface area contributed by atoms with Gasteiger partial charge in [-0.25, -0.2) is 0 Å². The summed E-state index contributed by atoms with van der Waals surface area (Å²) in [6.45, 7) is 8.13. The first-order valence-corrected chi connectivity index (χ1v) is 6.34. The summed E-state index contributed by atoms with van der Waals surface area (Å²) >= 11 is -1.25. The maximum atomic E-state index is 5.56. The van der Waals surface area contributed by atoms with Crippen LogP contribution < -0.4 is 0 Å². The minimum Gasteiger partial charge on any atom is -0.478 e. The third-order valence-electron chi connectivity index (χ3n) is 1.35. The summed E-state index contributed by atoms with van der Waals surface area (Å²) in [4.78, 5) is 0. The Bertz CT molecular complexity index is 70.5. The molecule has 0 aromatic carbocycles. The first-order chi connectivity index (χ1) is 5.35. The van der Waals surface area contributed by atoms with Crippen molar-refractivity contribution in [1.82, 2.24) is 0 Å². The summed E-state index contributed by atoms with van der Waals surface area (Å²) in [7, 11) is 0. The van der Waals surface area contributed by atoms with Gasteiger partial charge in [-0.1, -0.05) is 20.8 Å². The van der Waals surface area contributed by atoms with Gasteiger partial charge in [-0.2, -0.15) is 0 Å². The van der Waals surface area contributed by atoms with E-state index >= 15 is 0 Å². The van der Waals surface area contributed by atoms with Gasteiger partial charge in [0.1, 0.15) is 0 Å². The molecule has 0 aliphatic rings. The van der Waals surface area contributed by atoms with Gasteiger partial charge in [0.15, 0.2) is 0 Å². The molecule has 0 heterocycles. The highest BCUT2D eigenvalue weighted by atomic mass is 27.2. The quantitative estimate of drug-likeness (QED) is 0.551. The van der Waals surface area contributed by atoms with E-state index in [-0.39, 0.29) is 0 Å². The molecule has 0 aliphatic carbocycles. The van der Waals surface area contributed by atoms with Gasteiger partial charge in [0.2, 0.25) is 0 Å². The highest BCUT2D eigenvalue weighted by molar-refractivity contribution is 6.44. The van der Waals surface area contributed by atoms with Crippen LogP contribution in [0.25, 0.3) is 0 Å². The third-order valence-corrected chi connectivity index (χ3v) is 3.23. The van der Waals surface area contributed by atoms with E-state index in [4.69, 9.17) is 7.58 Å². The molecule has 0 saturated carbocycles. The fraction of sp³-hybridized carbons (Fsp3) is 1.00. The Morgan fingerprint density at radius 3 is 1.64 bits per heavy atom. The molecule has 0 radical (unpaired) electrons. The van der Waals surface area contributed by atoms with Crippen molar-refractivity contribution in [3.05, 3.63) is 0 Å². The van der Waals surface area contributed by atoms with Crippen molar-refractivity contribution in [2.75, 3.05) is 13.2 Å². The van der Waals surface area contributed by atoms with E-state index < -0.39 is 14.8 Å². The first-order valence-electron chi connectivity index (χ1n) is 4.58. The highest BCUT2D eigenvalue weighted by Gasteiger charge is 2.20. The molecule has 0 spiro atoms. The number of hydrogen-bond acceptors (Lipinski definition) is 2. The van der Waals surface area contributed by atoms with Crippen LogP contribution in [0.4, 0.5) is 0 Å². The van der Waals surface area contributed by atoms with E-state index in [1.165, 1.54) is 0 Å². The van der Waals surface area contributed by atoms with Gasteiger partial charge in [0, 0.05) is 13.2 Å². The molecule has 0 fully saturated rings. The van der Waals surface area contributed by atoms with Crippen LogP contribution in [-0.4, -0.2) is 28.0 Å². The Kier molecular flexibility index (Phi) is 8.90. The standard InChI is InChI=1S/2C3H7O.C2H5.Al/c2*1-2-3-4;1-2;/h2*2-3H2,1H3;1H2,2H3;/q2*-1;;+2. The van der Waals surface area contributed by atoms with Crippen molar-refractivity contribution in [2.24, 2.45) is 0 Å². The molecule has 0 saturated heterocycles. The SMILES string of the molecule is CCC[O][Al]([CH2]C)[O]CCC. The van der Waals surface area contributed by atoms with Crippen molar-refractivity contribution in [3.63, 3.8) is 0 Å². The maximum Gasteiger partial charge on any atom is 0.674 e. The monoisotopic (exact) mass is 174 g/mol. The average molecular weight is 174 g/mol. The van der Waals surface area contributed by atoms with Crippen LogP contribution >= 0.6 is 0 Å². The molecule has 0 N–H and O–H groups in total. The van der Waals surface area contributed by atoms with Gasteiger partial charge in [0.25, 0.3) is 0 Å². The normalized spacial score (nSPS) is 10.1. The van der Waals surface area contributed by atoms with Gasteiger partial charge in [-0.3, -0.25) is 0 Å². The Morgan fingerprint density at radius 2 is 1.36 bits per heavy atom. The summed E-state index contributed by atoms with van der Waals surface area (Å²) in [5.41, 5.74) is 0. The molecule has 0 bridgehead atoms. The fourth-order valence-electron chi connectivity index (χ4n) is 0.782. The van der Waals surface area contributed by atoms with Crippen LogP contribution in [0.1, 0.15) is 33.6 Å². The van der Waals surface area contributed by atoms with E-state index in [0.29, 0.717) is 0 Å². The molecule has 0 atom stereocenters. The lowest BCUT2D eigenvalue weighted by molar-refractivity contribution is 0.197. The summed E-state index contributed by atoms with van der Waals surface area (Å²) in [5, 5.41) is 1.08. The van der Waals surface area contributed by atoms with Gasteiger partial charge in [-0.05, 0) is 18.1 Å². The Morgan fingerprint density at radius 1 is 0.909 bits per heavy atom. The van der Waals surface area contributed by atoms with Crippen LogP contribution in [0.2, 0.25) is 5.28 Å². The Balaban J connectivity index is 3.25.